The molecule has 20 heavy (non-hydrogen) atoms. The van der Waals surface area contributed by atoms with E-state index < -0.39 is 35.8 Å². The molecule has 1 aromatic carbocycles. The van der Waals surface area contributed by atoms with Gasteiger partial charge in [0.15, 0.2) is 0 Å². The van der Waals surface area contributed by atoms with Gasteiger partial charge in [-0.2, -0.15) is 13.2 Å². The average Bonchev–Trinajstić information content (AvgIpc) is 2.23. The molecule has 0 N–H and O–H groups in total. The smallest absolute Gasteiger partial charge is 0.329 e. The Morgan fingerprint density at radius 1 is 1.15 bits per heavy atom. The zero-order valence-electron chi connectivity index (χ0n) is 11.0. The maximum absolute atomic E-state index is 13.0. The van der Waals surface area contributed by atoms with Gasteiger partial charge in [0.25, 0.3) is 5.91 Å². The summed E-state index contributed by atoms with van der Waals surface area (Å²) in [4.78, 5) is 12.5. The maximum Gasteiger partial charge on any atom is 0.406 e. The highest BCUT2D eigenvalue weighted by Crippen LogP contribution is 2.20. The van der Waals surface area contributed by atoms with Gasteiger partial charge in [0.1, 0.15) is 18.2 Å². The van der Waals surface area contributed by atoms with Crippen molar-refractivity contribution in [2.24, 2.45) is 5.92 Å². The van der Waals surface area contributed by atoms with E-state index in [2.05, 4.69) is 0 Å². The van der Waals surface area contributed by atoms with Crippen LogP contribution in [0.2, 0.25) is 0 Å². The third kappa shape index (κ3) is 5.14. The zero-order valence-corrected chi connectivity index (χ0v) is 11.0. The summed E-state index contributed by atoms with van der Waals surface area (Å²) in [7, 11) is 0. The molecule has 2 nitrogen and oxygen atoms in total. The van der Waals surface area contributed by atoms with Gasteiger partial charge in [0.05, 0.1) is 0 Å². The highest BCUT2D eigenvalue weighted by atomic mass is 19.4. The van der Waals surface area contributed by atoms with E-state index in [1.165, 1.54) is 0 Å². The van der Waals surface area contributed by atoms with E-state index in [1.807, 2.05) is 0 Å². The summed E-state index contributed by atoms with van der Waals surface area (Å²) in [5.74, 6) is -3.27. The average molecular weight is 295 g/mol. The second-order valence-electron chi connectivity index (χ2n) is 4.85. The molecule has 0 unspecified atom stereocenters. The van der Waals surface area contributed by atoms with Gasteiger partial charge in [-0.1, -0.05) is 13.8 Å². The Labute approximate surface area is 113 Å². The summed E-state index contributed by atoms with van der Waals surface area (Å²) >= 11 is 0. The van der Waals surface area contributed by atoms with Gasteiger partial charge < -0.3 is 4.90 Å². The lowest BCUT2D eigenvalue weighted by atomic mass is 10.1. The SMILES string of the molecule is CC(C)CN(CC(F)(F)F)C(=O)c1cc(F)cc(F)c1. The highest BCUT2D eigenvalue weighted by molar-refractivity contribution is 5.94. The second-order valence-corrected chi connectivity index (χ2v) is 4.85. The number of halogens is 5. The lowest BCUT2D eigenvalue weighted by Crippen LogP contribution is -2.41. The minimum absolute atomic E-state index is 0.156. The van der Waals surface area contributed by atoms with Gasteiger partial charge >= 0.3 is 6.18 Å². The van der Waals surface area contributed by atoms with Gasteiger partial charge in [0, 0.05) is 18.2 Å². The molecule has 0 saturated carbocycles. The molecule has 0 aliphatic rings. The molecule has 1 aromatic rings. The first kappa shape index (κ1) is 16.4. The highest BCUT2D eigenvalue weighted by Gasteiger charge is 2.33. The summed E-state index contributed by atoms with van der Waals surface area (Å²) in [6, 6.07) is 1.98. The number of benzene rings is 1. The molecule has 112 valence electrons. The fourth-order valence-corrected chi connectivity index (χ4v) is 1.74. The Bertz CT molecular complexity index is 464. The summed E-state index contributed by atoms with van der Waals surface area (Å²) in [5, 5.41) is 0. The molecular weight excluding hydrogens is 281 g/mol. The van der Waals surface area contributed by atoms with Crippen molar-refractivity contribution in [3.05, 3.63) is 35.4 Å². The van der Waals surface area contributed by atoms with Crippen LogP contribution in [0.25, 0.3) is 0 Å². The lowest BCUT2D eigenvalue weighted by Gasteiger charge is -2.25. The van der Waals surface area contributed by atoms with E-state index in [0.29, 0.717) is 11.0 Å². The minimum Gasteiger partial charge on any atom is -0.329 e. The van der Waals surface area contributed by atoms with Crippen LogP contribution in [0, 0.1) is 17.6 Å². The van der Waals surface area contributed by atoms with Crippen LogP contribution in [0.3, 0.4) is 0 Å². The third-order valence-corrected chi connectivity index (χ3v) is 2.35. The predicted octanol–water partition coefficient (Wildman–Crippen LogP) is 3.63. The molecule has 1 amide bonds. The van der Waals surface area contributed by atoms with Crippen molar-refractivity contribution >= 4 is 5.91 Å². The quantitative estimate of drug-likeness (QED) is 0.777. The van der Waals surface area contributed by atoms with Crippen LogP contribution >= 0.6 is 0 Å². The van der Waals surface area contributed by atoms with E-state index in [1.54, 1.807) is 13.8 Å². The number of hydrogen-bond donors (Lipinski definition) is 0. The molecular formula is C13H14F5NO. The summed E-state index contributed by atoms with van der Waals surface area (Å²) < 4.78 is 63.4. The number of carbonyl (C=O) groups excluding carboxylic acids is 1. The van der Waals surface area contributed by atoms with E-state index in [9.17, 15) is 26.7 Å². The van der Waals surface area contributed by atoms with Gasteiger partial charge in [-0.15, -0.1) is 0 Å². The normalized spacial score (nSPS) is 11.8. The molecule has 0 aliphatic carbocycles. The van der Waals surface area contributed by atoms with E-state index in [-0.39, 0.29) is 12.5 Å². The molecule has 0 aliphatic heterocycles. The van der Waals surface area contributed by atoms with Crippen LogP contribution in [0.1, 0.15) is 24.2 Å². The van der Waals surface area contributed by atoms with Crippen molar-refractivity contribution in [3.63, 3.8) is 0 Å². The molecule has 1 rings (SSSR count). The van der Waals surface area contributed by atoms with Crippen molar-refractivity contribution in [1.29, 1.82) is 0 Å². The fraction of sp³-hybridized carbons (Fsp3) is 0.462. The summed E-state index contributed by atoms with van der Waals surface area (Å²) in [6.45, 7) is 1.67. The number of carbonyl (C=O) groups is 1. The molecule has 0 aromatic heterocycles. The standard InChI is InChI=1S/C13H14F5NO/c1-8(2)6-19(7-13(16,17)18)12(20)9-3-10(14)5-11(15)4-9/h3-5,8H,6-7H2,1-2H3. The number of alkyl halides is 3. The number of rotatable bonds is 4. The topological polar surface area (TPSA) is 20.3 Å². The van der Waals surface area contributed by atoms with Crippen molar-refractivity contribution in [2.45, 2.75) is 20.0 Å². The molecule has 0 saturated heterocycles. The van der Waals surface area contributed by atoms with Crippen LogP contribution in [-0.2, 0) is 0 Å². The Balaban J connectivity index is 3.03. The maximum atomic E-state index is 13.0. The predicted molar refractivity (Wildman–Crippen MR) is 63.2 cm³/mol. The van der Waals surface area contributed by atoms with Crippen molar-refractivity contribution in [3.8, 4) is 0 Å². The lowest BCUT2D eigenvalue weighted by molar-refractivity contribution is -0.141. The zero-order chi connectivity index (χ0) is 15.5. The van der Waals surface area contributed by atoms with Gasteiger partial charge in [0.2, 0.25) is 0 Å². The van der Waals surface area contributed by atoms with Crippen molar-refractivity contribution in [2.75, 3.05) is 13.1 Å². The molecule has 0 spiro atoms. The number of hydrogen-bond acceptors (Lipinski definition) is 1. The monoisotopic (exact) mass is 295 g/mol. The first-order valence-electron chi connectivity index (χ1n) is 5.90. The van der Waals surface area contributed by atoms with Crippen LogP contribution in [-0.4, -0.2) is 30.1 Å². The van der Waals surface area contributed by atoms with Crippen LogP contribution < -0.4 is 0 Å². The Morgan fingerprint density at radius 2 is 1.65 bits per heavy atom. The van der Waals surface area contributed by atoms with E-state index in [0.717, 1.165) is 12.1 Å². The van der Waals surface area contributed by atoms with Crippen molar-refractivity contribution < 1.29 is 26.7 Å². The second kappa shape index (κ2) is 6.19. The molecule has 0 atom stereocenters. The van der Waals surface area contributed by atoms with Gasteiger partial charge in [-0.05, 0) is 18.1 Å². The Hall–Kier alpha value is -1.66. The van der Waals surface area contributed by atoms with Crippen LogP contribution in [0.5, 0.6) is 0 Å². The van der Waals surface area contributed by atoms with Crippen LogP contribution in [0.15, 0.2) is 18.2 Å². The third-order valence-electron chi connectivity index (χ3n) is 2.35. The molecule has 0 radical (unpaired) electrons. The Morgan fingerprint density at radius 3 is 2.05 bits per heavy atom. The minimum atomic E-state index is -4.57. The van der Waals surface area contributed by atoms with E-state index in [4.69, 9.17) is 0 Å². The first-order valence-corrected chi connectivity index (χ1v) is 5.90. The summed E-state index contributed by atoms with van der Waals surface area (Å²) in [6.07, 6.45) is -4.57. The molecule has 0 bridgehead atoms. The summed E-state index contributed by atoms with van der Waals surface area (Å²) in [5.41, 5.74) is -0.438. The molecule has 0 fully saturated rings. The van der Waals surface area contributed by atoms with Crippen molar-refractivity contribution in [1.82, 2.24) is 4.90 Å². The number of nitrogens with zero attached hydrogens (tertiary/aromatic N) is 1. The van der Waals surface area contributed by atoms with Gasteiger partial charge in [-0.3, -0.25) is 4.79 Å². The van der Waals surface area contributed by atoms with Crippen LogP contribution in [0.4, 0.5) is 22.0 Å². The number of amides is 1. The first-order chi connectivity index (χ1) is 9.08. The van der Waals surface area contributed by atoms with Gasteiger partial charge in [-0.25, -0.2) is 8.78 Å². The largest absolute Gasteiger partial charge is 0.406 e. The fourth-order valence-electron chi connectivity index (χ4n) is 1.74. The molecule has 0 heterocycles. The van der Waals surface area contributed by atoms with E-state index >= 15 is 0 Å². The Kier molecular flexibility index (Phi) is 5.08. The molecule has 7 heteroatoms.